The maximum absolute atomic E-state index is 12.5. The number of nitrogens with zero attached hydrogens (tertiary/aromatic N) is 2. The van der Waals surface area contributed by atoms with E-state index in [2.05, 4.69) is 59.4 Å². The molecule has 0 bridgehead atoms. The normalized spacial score (nSPS) is 32.1. The Morgan fingerprint density at radius 2 is 1.85 bits per heavy atom. The van der Waals surface area contributed by atoms with Crippen LogP contribution in [0.15, 0.2) is 30.3 Å². The van der Waals surface area contributed by atoms with E-state index in [0.29, 0.717) is 0 Å². The number of amides is 2. The second-order valence-electron chi connectivity index (χ2n) is 8.70. The number of hydrogen-bond donors (Lipinski definition) is 1. The Bertz CT molecular complexity index is 632. The Balaban J connectivity index is 1.56. The van der Waals surface area contributed by atoms with Gasteiger partial charge >= 0.3 is 6.03 Å². The Kier molecular flexibility index (Phi) is 4.72. The van der Waals surface area contributed by atoms with Crippen LogP contribution in [-0.4, -0.2) is 48.1 Å². The predicted molar refractivity (Wildman–Crippen MR) is 105 cm³/mol. The monoisotopic (exact) mass is 355 g/mol. The molecule has 1 heterocycles. The van der Waals surface area contributed by atoms with Crippen LogP contribution in [0.2, 0.25) is 0 Å². The molecule has 26 heavy (non-hydrogen) atoms. The summed E-state index contributed by atoms with van der Waals surface area (Å²) in [5, 5.41) is 3.17. The lowest BCUT2D eigenvalue weighted by Crippen LogP contribution is -2.57. The standard InChI is InChI=1S/C22H33N3O/c1-3-24(2)22(19-10-5-4-6-11-19)14-12-21(13-15-22)17-23-20(26)25(21)16-18-8-7-9-18/h4-6,10-11,18H,3,7-9,12-17H2,1-2H3,(H,23,26)/t21-,22-. The summed E-state index contributed by atoms with van der Waals surface area (Å²) in [5.41, 5.74) is 1.58. The van der Waals surface area contributed by atoms with Crippen molar-refractivity contribution in [2.24, 2.45) is 5.92 Å². The minimum Gasteiger partial charge on any atom is -0.336 e. The Morgan fingerprint density at radius 1 is 1.15 bits per heavy atom. The van der Waals surface area contributed by atoms with Crippen LogP contribution in [0, 0.1) is 5.92 Å². The van der Waals surface area contributed by atoms with Crippen molar-refractivity contribution in [3.63, 3.8) is 0 Å². The molecule has 1 aromatic rings. The summed E-state index contributed by atoms with van der Waals surface area (Å²) in [5.74, 6) is 0.731. The van der Waals surface area contributed by atoms with Gasteiger partial charge in [0, 0.05) is 18.6 Å². The average molecular weight is 356 g/mol. The fourth-order valence-corrected chi connectivity index (χ4v) is 5.37. The first-order valence-electron chi connectivity index (χ1n) is 10.4. The number of carbonyl (C=O) groups is 1. The highest BCUT2D eigenvalue weighted by Crippen LogP contribution is 2.48. The lowest BCUT2D eigenvalue weighted by atomic mass is 9.68. The highest BCUT2D eigenvalue weighted by atomic mass is 16.2. The van der Waals surface area contributed by atoms with Crippen LogP contribution in [0.5, 0.6) is 0 Å². The van der Waals surface area contributed by atoms with Crippen molar-refractivity contribution < 1.29 is 4.79 Å². The first-order chi connectivity index (χ1) is 12.6. The van der Waals surface area contributed by atoms with Gasteiger partial charge in [0.1, 0.15) is 0 Å². The minimum atomic E-state index is 0.0412. The molecule has 4 rings (SSSR count). The van der Waals surface area contributed by atoms with Gasteiger partial charge in [-0.15, -0.1) is 0 Å². The highest BCUT2D eigenvalue weighted by Gasteiger charge is 2.52. The van der Waals surface area contributed by atoms with E-state index < -0.39 is 0 Å². The SMILES string of the molecule is CCN(C)[C@]1(c2ccccc2)CC[C@@]2(CC1)CNC(=O)N2CC1CCC1. The molecule has 1 N–H and O–H groups in total. The van der Waals surface area contributed by atoms with Crippen LogP contribution in [-0.2, 0) is 5.54 Å². The molecule has 0 radical (unpaired) electrons. The van der Waals surface area contributed by atoms with Gasteiger partial charge in [-0.3, -0.25) is 4.90 Å². The minimum absolute atomic E-state index is 0.0412. The number of nitrogens with one attached hydrogen (secondary N) is 1. The van der Waals surface area contributed by atoms with E-state index in [4.69, 9.17) is 0 Å². The third kappa shape index (κ3) is 2.83. The van der Waals surface area contributed by atoms with Gasteiger partial charge in [-0.1, -0.05) is 43.7 Å². The van der Waals surface area contributed by atoms with Gasteiger partial charge in [-0.2, -0.15) is 0 Å². The van der Waals surface area contributed by atoms with Gasteiger partial charge in [-0.05, 0) is 63.6 Å². The molecule has 1 aromatic carbocycles. The Morgan fingerprint density at radius 3 is 2.42 bits per heavy atom. The molecule has 1 aliphatic heterocycles. The quantitative estimate of drug-likeness (QED) is 0.867. The summed E-state index contributed by atoms with van der Waals surface area (Å²) in [6, 6.07) is 11.2. The average Bonchev–Trinajstić information content (AvgIpc) is 2.95. The lowest BCUT2D eigenvalue weighted by Gasteiger charge is -2.52. The molecule has 2 aliphatic carbocycles. The molecule has 2 saturated carbocycles. The van der Waals surface area contributed by atoms with E-state index in [9.17, 15) is 4.79 Å². The van der Waals surface area contributed by atoms with Crippen molar-refractivity contribution in [2.75, 3.05) is 26.7 Å². The molecule has 3 aliphatic rings. The zero-order chi connectivity index (χ0) is 18.2. The molecule has 0 atom stereocenters. The molecule has 4 nitrogen and oxygen atoms in total. The van der Waals surface area contributed by atoms with Crippen LogP contribution in [0.4, 0.5) is 4.79 Å². The Labute approximate surface area is 157 Å². The maximum Gasteiger partial charge on any atom is 0.318 e. The summed E-state index contributed by atoms with van der Waals surface area (Å²) in [6.07, 6.45) is 8.37. The number of hydrogen-bond acceptors (Lipinski definition) is 2. The largest absolute Gasteiger partial charge is 0.336 e. The van der Waals surface area contributed by atoms with Gasteiger partial charge in [-0.25, -0.2) is 4.79 Å². The second kappa shape index (κ2) is 6.88. The van der Waals surface area contributed by atoms with Gasteiger partial charge in [0.2, 0.25) is 0 Å². The van der Waals surface area contributed by atoms with E-state index >= 15 is 0 Å². The van der Waals surface area contributed by atoms with Crippen LogP contribution < -0.4 is 5.32 Å². The van der Waals surface area contributed by atoms with Gasteiger partial charge in [0.05, 0.1) is 5.54 Å². The molecule has 0 unspecified atom stereocenters. The van der Waals surface area contributed by atoms with Crippen molar-refractivity contribution in [2.45, 2.75) is 62.9 Å². The van der Waals surface area contributed by atoms with Gasteiger partial charge in [0.25, 0.3) is 0 Å². The molecule has 3 fully saturated rings. The third-order valence-electron chi connectivity index (χ3n) is 7.58. The van der Waals surface area contributed by atoms with Crippen LogP contribution in [0.1, 0.15) is 57.4 Å². The van der Waals surface area contributed by atoms with E-state index in [1.165, 1.54) is 24.8 Å². The van der Waals surface area contributed by atoms with Crippen molar-refractivity contribution in [3.8, 4) is 0 Å². The van der Waals surface area contributed by atoms with E-state index in [0.717, 1.165) is 51.2 Å². The van der Waals surface area contributed by atoms with Crippen molar-refractivity contribution in [3.05, 3.63) is 35.9 Å². The molecule has 1 saturated heterocycles. The summed E-state index contributed by atoms with van der Waals surface area (Å²) < 4.78 is 0. The second-order valence-corrected chi connectivity index (χ2v) is 8.70. The summed E-state index contributed by atoms with van der Waals surface area (Å²) in [6.45, 7) is 5.09. The molecule has 1 spiro atoms. The first kappa shape index (κ1) is 17.8. The fourth-order valence-electron chi connectivity index (χ4n) is 5.37. The molecular weight excluding hydrogens is 322 g/mol. The zero-order valence-electron chi connectivity index (χ0n) is 16.3. The van der Waals surface area contributed by atoms with E-state index in [1.54, 1.807) is 0 Å². The number of carbonyl (C=O) groups excluding carboxylic acids is 1. The highest BCUT2D eigenvalue weighted by molar-refractivity contribution is 5.78. The fraction of sp³-hybridized carbons (Fsp3) is 0.682. The topological polar surface area (TPSA) is 35.6 Å². The van der Waals surface area contributed by atoms with Gasteiger partial charge in [0.15, 0.2) is 0 Å². The predicted octanol–water partition coefficient (Wildman–Crippen LogP) is 3.97. The summed E-state index contributed by atoms with van der Waals surface area (Å²) >= 11 is 0. The van der Waals surface area contributed by atoms with Gasteiger partial charge < -0.3 is 10.2 Å². The number of benzene rings is 1. The van der Waals surface area contributed by atoms with E-state index in [1.807, 2.05) is 0 Å². The first-order valence-corrected chi connectivity index (χ1v) is 10.4. The third-order valence-corrected chi connectivity index (χ3v) is 7.58. The van der Waals surface area contributed by atoms with Crippen LogP contribution >= 0.6 is 0 Å². The number of urea groups is 1. The smallest absolute Gasteiger partial charge is 0.318 e. The summed E-state index contributed by atoms with van der Waals surface area (Å²) in [7, 11) is 2.26. The zero-order valence-corrected chi connectivity index (χ0v) is 16.3. The summed E-state index contributed by atoms with van der Waals surface area (Å²) in [4.78, 5) is 17.3. The molecular formula is C22H33N3O. The van der Waals surface area contributed by atoms with Crippen molar-refractivity contribution in [1.82, 2.24) is 15.1 Å². The van der Waals surface area contributed by atoms with E-state index in [-0.39, 0.29) is 17.1 Å². The molecule has 0 aromatic heterocycles. The van der Waals surface area contributed by atoms with Crippen molar-refractivity contribution in [1.29, 1.82) is 0 Å². The molecule has 4 heteroatoms. The van der Waals surface area contributed by atoms with Crippen LogP contribution in [0.25, 0.3) is 0 Å². The number of rotatable bonds is 5. The maximum atomic E-state index is 12.5. The lowest BCUT2D eigenvalue weighted by molar-refractivity contribution is 0.00814. The van der Waals surface area contributed by atoms with Crippen molar-refractivity contribution >= 4 is 6.03 Å². The Hall–Kier alpha value is -1.55. The van der Waals surface area contributed by atoms with Crippen LogP contribution in [0.3, 0.4) is 0 Å². The molecule has 2 amide bonds. The molecule has 142 valence electrons.